The normalized spacial score (nSPS) is 14.0. The Balaban J connectivity index is 1.34. The molecule has 1 aliphatic carbocycles. The molecule has 0 bridgehead atoms. The molecule has 3 N–H and O–H groups in total. The van der Waals surface area contributed by atoms with Gasteiger partial charge in [0.25, 0.3) is 5.91 Å². The number of thiocarbonyl (C=S) groups is 1. The Morgan fingerprint density at radius 3 is 2.50 bits per heavy atom. The molecule has 0 spiro atoms. The molecule has 3 aromatic carbocycles. The summed E-state index contributed by atoms with van der Waals surface area (Å²) < 4.78 is 0. The lowest BCUT2D eigenvalue weighted by Gasteiger charge is -2.22. The standard InChI is InChI=1S/C26H27N3O2S/c30-24(17-19-10-6-9-18-8-4-5-15-23(18)19)29-26(32)28-22-14-7-11-20(16-22)25(31)27-21-12-2-1-3-13-21/h4-11,14-16,21H,1-3,12-13,17H2,(H,27,31)(H2,28,29,30,32). The van der Waals surface area contributed by atoms with E-state index in [4.69, 9.17) is 12.2 Å². The molecule has 0 saturated heterocycles. The molecule has 2 amide bonds. The largest absolute Gasteiger partial charge is 0.349 e. The number of hydrogen-bond donors (Lipinski definition) is 3. The Labute approximate surface area is 193 Å². The summed E-state index contributed by atoms with van der Waals surface area (Å²) in [5.41, 5.74) is 2.19. The zero-order valence-corrected chi connectivity index (χ0v) is 18.7. The molecule has 1 saturated carbocycles. The summed E-state index contributed by atoms with van der Waals surface area (Å²) in [5, 5.41) is 11.2. The third kappa shape index (κ3) is 5.71. The number of carbonyl (C=O) groups is 2. The fourth-order valence-corrected chi connectivity index (χ4v) is 4.44. The smallest absolute Gasteiger partial charge is 0.251 e. The lowest BCUT2D eigenvalue weighted by Crippen LogP contribution is -2.36. The van der Waals surface area contributed by atoms with Crippen LogP contribution < -0.4 is 16.0 Å². The van der Waals surface area contributed by atoms with E-state index in [2.05, 4.69) is 16.0 Å². The van der Waals surface area contributed by atoms with Crippen molar-refractivity contribution in [2.24, 2.45) is 0 Å². The average molecular weight is 446 g/mol. The van der Waals surface area contributed by atoms with E-state index in [9.17, 15) is 9.59 Å². The lowest BCUT2D eigenvalue weighted by molar-refractivity contribution is -0.119. The highest BCUT2D eigenvalue weighted by Crippen LogP contribution is 2.20. The van der Waals surface area contributed by atoms with Crippen molar-refractivity contribution in [1.82, 2.24) is 10.6 Å². The number of nitrogens with one attached hydrogen (secondary N) is 3. The topological polar surface area (TPSA) is 70.2 Å². The van der Waals surface area contributed by atoms with Crippen LogP contribution in [0.15, 0.2) is 66.7 Å². The summed E-state index contributed by atoms with van der Waals surface area (Å²) in [5.74, 6) is -0.267. The van der Waals surface area contributed by atoms with Crippen molar-refractivity contribution in [3.8, 4) is 0 Å². The predicted molar refractivity (Wildman–Crippen MR) is 133 cm³/mol. The first-order valence-corrected chi connectivity index (χ1v) is 11.5. The van der Waals surface area contributed by atoms with E-state index in [0.29, 0.717) is 11.3 Å². The Hall–Kier alpha value is -3.25. The Morgan fingerprint density at radius 1 is 0.906 bits per heavy atom. The van der Waals surface area contributed by atoms with Crippen molar-refractivity contribution >= 4 is 45.6 Å². The van der Waals surface area contributed by atoms with E-state index < -0.39 is 0 Å². The van der Waals surface area contributed by atoms with Crippen LogP contribution in [0.4, 0.5) is 5.69 Å². The zero-order valence-electron chi connectivity index (χ0n) is 17.9. The highest BCUT2D eigenvalue weighted by atomic mass is 32.1. The van der Waals surface area contributed by atoms with Crippen LogP contribution in [-0.4, -0.2) is 23.0 Å². The summed E-state index contributed by atoms with van der Waals surface area (Å²) in [6, 6.07) is 21.3. The highest BCUT2D eigenvalue weighted by molar-refractivity contribution is 7.80. The molecule has 0 atom stereocenters. The van der Waals surface area contributed by atoms with Gasteiger partial charge < -0.3 is 16.0 Å². The molecule has 1 aliphatic rings. The maximum Gasteiger partial charge on any atom is 0.251 e. The molecule has 1 fully saturated rings. The van der Waals surface area contributed by atoms with Crippen LogP contribution in [0.25, 0.3) is 10.8 Å². The van der Waals surface area contributed by atoms with Gasteiger partial charge in [-0.25, -0.2) is 0 Å². The first kappa shape index (κ1) is 22.0. The molecule has 0 aromatic heterocycles. The Bertz CT molecular complexity index is 1130. The van der Waals surface area contributed by atoms with Crippen molar-refractivity contribution in [3.05, 3.63) is 77.9 Å². The van der Waals surface area contributed by atoms with E-state index >= 15 is 0 Å². The van der Waals surface area contributed by atoms with E-state index in [1.165, 1.54) is 19.3 Å². The molecule has 4 rings (SSSR count). The number of fused-ring (bicyclic) bond motifs is 1. The van der Waals surface area contributed by atoms with Crippen molar-refractivity contribution in [2.45, 2.75) is 44.6 Å². The van der Waals surface area contributed by atoms with Crippen LogP contribution in [0.2, 0.25) is 0 Å². The first-order chi connectivity index (χ1) is 15.6. The molecule has 3 aromatic rings. The molecule has 164 valence electrons. The lowest BCUT2D eigenvalue weighted by atomic mass is 9.95. The van der Waals surface area contributed by atoms with Gasteiger partial charge in [-0.05, 0) is 59.6 Å². The van der Waals surface area contributed by atoms with Gasteiger partial charge >= 0.3 is 0 Å². The third-order valence-corrected chi connectivity index (χ3v) is 6.01. The van der Waals surface area contributed by atoms with Crippen LogP contribution >= 0.6 is 12.2 Å². The van der Waals surface area contributed by atoms with Gasteiger partial charge in [0.05, 0.1) is 6.42 Å². The summed E-state index contributed by atoms with van der Waals surface area (Å²) in [7, 11) is 0. The van der Waals surface area contributed by atoms with Gasteiger partial charge in [-0.3, -0.25) is 9.59 Å². The molecular weight excluding hydrogens is 418 g/mol. The summed E-state index contributed by atoms with van der Waals surface area (Å²) >= 11 is 5.32. The minimum absolute atomic E-state index is 0.0774. The van der Waals surface area contributed by atoms with E-state index in [-0.39, 0.29) is 29.4 Å². The second-order valence-electron chi connectivity index (χ2n) is 8.21. The molecule has 0 radical (unpaired) electrons. The monoisotopic (exact) mass is 445 g/mol. The summed E-state index contributed by atoms with van der Waals surface area (Å²) in [4.78, 5) is 25.1. The molecule has 0 aliphatic heterocycles. The van der Waals surface area contributed by atoms with Crippen LogP contribution in [0, 0.1) is 0 Å². The van der Waals surface area contributed by atoms with Crippen LogP contribution in [-0.2, 0) is 11.2 Å². The van der Waals surface area contributed by atoms with Gasteiger partial charge in [0.15, 0.2) is 5.11 Å². The molecule has 6 heteroatoms. The number of carbonyl (C=O) groups excluding carboxylic acids is 2. The minimum atomic E-state index is -0.190. The van der Waals surface area contributed by atoms with Gasteiger partial charge in [0, 0.05) is 17.3 Å². The second kappa shape index (κ2) is 10.4. The fourth-order valence-electron chi connectivity index (χ4n) is 4.21. The van der Waals surface area contributed by atoms with Gasteiger partial charge in [0.1, 0.15) is 0 Å². The molecule has 0 heterocycles. The number of rotatable bonds is 5. The average Bonchev–Trinajstić information content (AvgIpc) is 2.80. The second-order valence-corrected chi connectivity index (χ2v) is 8.61. The zero-order chi connectivity index (χ0) is 22.3. The van der Waals surface area contributed by atoms with E-state index in [1.807, 2.05) is 48.5 Å². The Kier molecular flexibility index (Phi) is 7.12. The summed E-state index contributed by atoms with van der Waals surface area (Å²) in [6.45, 7) is 0. The number of hydrogen-bond acceptors (Lipinski definition) is 3. The minimum Gasteiger partial charge on any atom is -0.349 e. The van der Waals surface area contributed by atoms with Crippen molar-refractivity contribution in [2.75, 3.05) is 5.32 Å². The Morgan fingerprint density at radius 2 is 1.66 bits per heavy atom. The number of amides is 2. The maximum absolute atomic E-state index is 12.6. The first-order valence-electron chi connectivity index (χ1n) is 11.1. The van der Waals surface area contributed by atoms with E-state index in [0.717, 1.165) is 29.2 Å². The fraction of sp³-hybridized carbons (Fsp3) is 0.269. The van der Waals surface area contributed by atoms with E-state index in [1.54, 1.807) is 18.2 Å². The maximum atomic E-state index is 12.6. The predicted octanol–water partition coefficient (Wildman–Crippen LogP) is 4.96. The highest BCUT2D eigenvalue weighted by Gasteiger charge is 2.17. The van der Waals surface area contributed by atoms with Gasteiger partial charge in [0.2, 0.25) is 5.91 Å². The number of benzene rings is 3. The van der Waals surface area contributed by atoms with Crippen molar-refractivity contribution < 1.29 is 9.59 Å². The molecule has 5 nitrogen and oxygen atoms in total. The summed E-state index contributed by atoms with van der Waals surface area (Å²) in [6.07, 6.45) is 5.88. The van der Waals surface area contributed by atoms with Crippen molar-refractivity contribution in [3.63, 3.8) is 0 Å². The van der Waals surface area contributed by atoms with Gasteiger partial charge in [-0.15, -0.1) is 0 Å². The SMILES string of the molecule is O=C(Cc1cccc2ccccc12)NC(=S)Nc1cccc(C(=O)NC2CCCCC2)c1. The molecule has 0 unspecified atom stereocenters. The molecule has 32 heavy (non-hydrogen) atoms. The van der Waals surface area contributed by atoms with Gasteiger partial charge in [-0.2, -0.15) is 0 Å². The van der Waals surface area contributed by atoms with Crippen molar-refractivity contribution in [1.29, 1.82) is 0 Å². The molecular formula is C26H27N3O2S. The van der Waals surface area contributed by atoms with Crippen LogP contribution in [0.5, 0.6) is 0 Å². The van der Waals surface area contributed by atoms with Gasteiger partial charge in [-0.1, -0.05) is 67.8 Å². The third-order valence-electron chi connectivity index (χ3n) is 5.81. The van der Waals surface area contributed by atoms with Crippen LogP contribution in [0.3, 0.4) is 0 Å². The van der Waals surface area contributed by atoms with Crippen LogP contribution in [0.1, 0.15) is 48.0 Å². The quantitative estimate of drug-likeness (QED) is 0.486. The number of anilines is 1.